The quantitative estimate of drug-likeness (QED) is 0.874. The number of nitrogens with zero attached hydrogens (tertiary/aromatic N) is 2. The van der Waals surface area contributed by atoms with E-state index < -0.39 is 9.05 Å². The first-order chi connectivity index (χ1) is 9.81. The minimum absolute atomic E-state index is 0.0170. The topological polar surface area (TPSA) is 81.1 Å². The Hall–Kier alpha value is -1.86. The number of anilines is 1. The average Bonchev–Trinajstić information content (AvgIpc) is 2.79. The Morgan fingerprint density at radius 1 is 1.33 bits per heavy atom. The smallest absolute Gasteiger partial charge is 0.273 e. The van der Waals surface area contributed by atoms with E-state index >= 15 is 0 Å². The molecule has 1 aromatic carbocycles. The molecule has 0 atom stereocenters. The van der Waals surface area contributed by atoms with Crippen molar-refractivity contribution in [2.75, 3.05) is 5.32 Å². The van der Waals surface area contributed by atoms with Gasteiger partial charge in [-0.05, 0) is 44.2 Å². The molecular formula is C13H14ClN3O3S. The number of amides is 1. The first-order valence-corrected chi connectivity index (χ1v) is 8.52. The van der Waals surface area contributed by atoms with Crippen LogP contribution in [0.1, 0.15) is 23.1 Å². The number of halogens is 1. The van der Waals surface area contributed by atoms with Gasteiger partial charge < -0.3 is 5.32 Å². The number of carbonyl (C=O) groups excluding carboxylic acids is 1. The van der Waals surface area contributed by atoms with E-state index in [1.807, 2.05) is 13.8 Å². The van der Waals surface area contributed by atoms with E-state index in [2.05, 4.69) is 10.4 Å². The number of aromatic nitrogens is 2. The zero-order chi connectivity index (χ0) is 15.6. The van der Waals surface area contributed by atoms with Gasteiger partial charge >= 0.3 is 0 Å². The Labute approximate surface area is 127 Å². The van der Waals surface area contributed by atoms with E-state index in [0.717, 1.165) is 5.69 Å². The fraction of sp³-hybridized carbons (Fsp3) is 0.231. The molecule has 6 nitrogen and oxygen atoms in total. The van der Waals surface area contributed by atoms with Crippen LogP contribution in [0, 0.1) is 6.92 Å². The standard InChI is InChI=1S/C13H14ClN3O3S/c1-3-17-12(8-9(2)16-17)13(18)15-10-4-6-11(7-5-10)21(14,19)20/h4-8H,3H2,1-2H3,(H,15,18). The molecule has 0 aliphatic heterocycles. The second-order valence-corrected chi connectivity index (χ2v) is 6.97. The van der Waals surface area contributed by atoms with Crippen molar-refractivity contribution in [2.45, 2.75) is 25.3 Å². The van der Waals surface area contributed by atoms with Crippen LogP contribution < -0.4 is 5.32 Å². The van der Waals surface area contributed by atoms with Gasteiger partial charge in [0.2, 0.25) is 0 Å². The zero-order valence-electron chi connectivity index (χ0n) is 11.5. The second-order valence-electron chi connectivity index (χ2n) is 4.40. The Bertz CT molecular complexity index is 766. The predicted molar refractivity (Wildman–Crippen MR) is 80.1 cm³/mol. The molecule has 2 aromatic rings. The maximum absolute atomic E-state index is 12.2. The summed E-state index contributed by atoms with van der Waals surface area (Å²) in [7, 11) is 1.47. The van der Waals surface area contributed by atoms with Crippen molar-refractivity contribution < 1.29 is 13.2 Å². The SMILES string of the molecule is CCn1nc(C)cc1C(=O)Nc1ccc(S(=O)(=O)Cl)cc1. The van der Waals surface area contributed by atoms with Crippen LogP contribution in [0.25, 0.3) is 0 Å². The molecule has 0 bridgehead atoms. The van der Waals surface area contributed by atoms with Gasteiger partial charge in [0.1, 0.15) is 5.69 Å². The third-order valence-corrected chi connectivity index (χ3v) is 4.20. The van der Waals surface area contributed by atoms with Gasteiger partial charge in [-0.15, -0.1) is 0 Å². The lowest BCUT2D eigenvalue weighted by Crippen LogP contribution is -2.17. The Balaban J connectivity index is 2.20. The largest absolute Gasteiger partial charge is 0.321 e. The van der Waals surface area contributed by atoms with Crippen LogP contribution in [0.3, 0.4) is 0 Å². The molecule has 0 spiro atoms. The highest BCUT2D eigenvalue weighted by Crippen LogP contribution is 2.18. The summed E-state index contributed by atoms with van der Waals surface area (Å²) in [4.78, 5) is 12.2. The molecule has 21 heavy (non-hydrogen) atoms. The monoisotopic (exact) mass is 327 g/mol. The lowest BCUT2D eigenvalue weighted by Gasteiger charge is -2.07. The molecule has 0 saturated carbocycles. The van der Waals surface area contributed by atoms with Crippen molar-refractivity contribution in [1.29, 1.82) is 0 Å². The highest BCUT2D eigenvalue weighted by Gasteiger charge is 2.14. The average molecular weight is 328 g/mol. The zero-order valence-corrected chi connectivity index (χ0v) is 13.1. The molecular weight excluding hydrogens is 314 g/mol. The summed E-state index contributed by atoms with van der Waals surface area (Å²) in [5.41, 5.74) is 1.68. The highest BCUT2D eigenvalue weighted by atomic mass is 35.7. The van der Waals surface area contributed by atoms with E-state index in [0.29, 0.717) is 17.9 Å². The van der Waals surface area contributed by atoms with Crippen LogP contribution in [0.4, 0.5) is 5.69 Å². The summed E-state index contributed by atoms with van der Waals surface area (Å²) >= 11 is 0. The fourth-order valence-electron chi connectivity index (χ4n) is 1.87. The molecule has 0 radical (unpaired) electrons. The molecule has 0 fully saturated rings. The summed E-state index contributed by atoms with van der Waals surface area (Å²) in [6, 6.07) is 7.32. The van der Waals surface area contributed by atoms with Crippen molar-refractivity contribution in [3.63, 3.8) is 0 Å². The van der Waals surface area contributed by atoms with Gasteiger partial charge in [0.25, 0.3) is 15.0 Å². The van der Waals surface area contributed by atoms with Crippen LogP contribution >= 0.6 is 10.7 Å². The second kappa shape index (κ2) is 5.87. The van der Waals surface area contributed by atoms with Gasteiger partial charge in [-0.2, -0.15) is 5.10 Å². The first kappa shape index (κ1) is 15.5. The highest BCUT2D eigenvalue weighted by molar-refractivity contribution is 8.13. The van der Waals surface area contributed by atoms with Gasteiger partial charge in [-0.1, -0.05) is 0 Å². The Kier molecular flexibility index (Phi) is 4.34. The number of hydrogen-bond acceptors (Lipinski definition) is 4. The van der Waals surface area contributed by atoms with Crippen LogP contribution in [-0.4, -0.2) is 24.1 Å². The number of aryl methyl sites for hydroxylation is 2. The molecule has 112 valence electrons. The normalized spacial score (nSPS) is 11.4. The van der Waals surface area contributed by atoms with Gasteiger partial charge in [0.15, 0.2) is 0 Å². The minimum atomic E-state index is -3.76. The van der Waals surface area contributed by atoms with Crippen molar-refractivity contribution in [1.82, 2.24) is 9.78 Å². The minimum Gasteiger partial charge on any atom is -0.321 e. The molecule has 2 rings (SSSR count). The van der Waals surface area contributed by atoms with Crippen molar-refractivity contribution in [2.24, 2.45) is 0 Å². The third kappa shape index (κ3) is 3.62. The Morgan fingerprint density at radius 3 is 2.48 bits per heavy atom. The molecule has 0 aliphatic rings. The molecule has 1 amide bonds. The van der Waals surface area contributed by atoms with E-state index in [1.165, 1.54) is 24.3 Å². The molecule has 1 heterocycles. The van der Waals surface area contributed by atoms with E-state index in [9.17, 15) is 13.2 Å². The van der Waals surface area contributed by atoms with Gasteiger partial charge in [0.05, 0.1) is 10.6 Å². The first-order valence-electron chi connectivity index (χ1n) is 6.22. The van der Waals surface area contributed by atoms with Crippen molar-refractivity contribution >= 4 is 31.3 Å². The fourth-order valence-corrected chi connectivity index (χ4v) is 2.64. The summed E-state index contributed by atoms with van der Waals surface area (Å²) in [6.45, 7) is 4.28. The van der Waals surface area contributed by atoms with E-state index in [-0.39, 0.29) is 10.8 Å². The molecule has 0 saturated heterocycles. The van der Waals surface area contributed by atoms with Gasteiger partial charge in [-0.3, -0.25) is 9.48 Å². The number of carbonyl (C=O) groups is 1. The van der Waals surface area contributed by atoms with Crippen LogP contribution in [0.5, 0.6) is 0 Å². The lowest BCUT2D eigenvalue weighted by atomic mass is 10.3. The van der Waals surface area contributed by atoms with E-state index in [4.69, 9.17) is 10.7 Å². The van der Waals surface area contributed by atoms with Crippen LogP contribution in [0.15, 0.2) is 35.2 Å². The molecule has 1 N–H and O–H groups in total. The predicted octanol–water partition coefficient (Wildman–Crippen LogP) is 2.39. The number of rotatable bonds is 4. The molecule has 0 aliphatic carbocycles. The lowest BCUT2D eigenvalue weighted by molar-refractivity contribution is 0.101. The summed E-state index contributed by atoms with van der Waals surface area (Å²) in [5, 5.41) is 6.88. The number of benzene rings is 1. The van der Waals surface area contributed by atoms with Gasteiger partial charge in [-0.25, -0.2) is 8.42 Å². The van der Waals surface area contributed by atoms with Crippen molar-refractivity contribution in [3.05, 3.63) is 41.7 Å². The third-order valence-electron chi connectivity index (χ3n) is 2.83. The Morgan fingerprint density at radius 2 is 1.95 bits per heavy atom. The summed E-state index contributed by atoms with van der Waals surface area (Å²) in [6.07, 6.45) is 0. The van der Waals surface area contributed by atoms with E-state index in [1.54, 1.807) is 10.7 Å². The van der Waals surface area contributed by atoms with Crippen LogP contribution in [0.2, 0.25) is 0 Å². The molecule has 8 heteroatoms. The maximum Gasteiger partial charge on any atom is 0.273 e. The molecule has 0 unspecified atom stereocenters. The van der Waals surface area contributed by atoms with Gasteiger partial charge in [0, 0.05) is 22.9 Å². The number of nitrogens with one attached hydrogen (secondary N) is 1. The summed E-state index contributed by atoms with van der Waals surface area (Å²) < 4.78 is 23.9. The van der Waals surface area contributed by atoms with Crippen molar-refractivity contribution in [3.8, 4) is 0 Å². The maximum atomic E-state index is 12.2. The van der Waals surface area contributed by atoms with Crippen LogP contribution in [-0.2, 0) is 15.6 Å². The number of hydrogen-bond donors (Lipinski definition) is 1. The molecule has 1 aromatic heterocycles. The summed E-state index contributed by atoms with van der Waals surface area (Å²) in [5.74, 6) is -0.307.